The van der Waals surface area contributed by atoms with Crippen LogP contribution in [0.3, 0.4) is 0 Å². The highest BCUT2D eigenvalue weighted by Crippen LogP contribution is 2.13. The van der Waals surface area contributed by atoms with E-state index in [0.29, 0.717) is 0 Å². The Labute approximate surface area is 114 Å². The van der Waals surface area contributed by atoms with Crippen molar-refractivity contribution in [1.82, 2.24) is 0 Å². The summed E-state index contributed by atoms with van der Waals surface area (Å²) in [5.41, 5.74) is 3.52. The fraction of sp³-hybridized carbons (Fsp3) is 0.0556. The highest BCUT2D eigenvalue weighted by molar-refractivity contribution is 5.57. The third-order valence-electron chi connectivity index (χ3n) is 2.84. The largest absolute Gasteiger partial charge is 0.193 e. The number of nitriles is 1. The standard InChI is InChI=1S/C18H15N/c19-15-7-14-18-12-5-4-11-17(18)13-6-10-16-8-2-1-3-9-16/h1-12,14H,13H2/b10-6+,14-7+. The van der Waals surface area contributed by atoms with Crippen LogP contribution in [0, 0.1) is 11.3 Å². The highest BCUT2D eigenvalue weighted by atomic mass is 14.2. The van der Waals surface area contributed by atoms with Crippen molar-refractivity contribution in [3.05, 3.63) is 83.4 Å². The molecule has 0 radical (unpaired) electrons. The van der Waals surface area contributed by atoms with E-state index in [9.17, 15) is 0 Å². The molecule has 0 aliphatic rings. The van der Waals surface area contributed by atoms with Gasteiger partial charge in [0.05, 0.1) is 6.07 Å². The van der Waals surface area contributed by atoms with Crippen molar-refractivity contribution in [1.29, 1.82) is 5.26 Å². The monoisotopic (exact) mass is 245 g/mol. The first-order chi connectivity index (χ1) is 9.40. The molecule has 19 heavy (non-hydrogen) atoms. The normalized spacial score (nSPS) is 10.9. The van der Waals surface area contributed by atoms with Crippen LogP contribution in [0.2, 0.25) is 0 Å². The summed E-state index contributed by atoms with van der Waals surface area (Å²) in [6.45, 7) is 0. The van der Waals surface area contributed by atoms with Crippen molar-refractivity contribution in [3.63, 3.8) is 0 Å². The molecule has 0 unspecified atom stereocenters. The Morgan fingerprint density at radius 2 is 1.63 bits per heavy atom. The van der Waals surface area contributed by atoms with Gasteiger partial charge in [-0.05, 0) is 29.2 Å². The van der Waals surface area contributed by atoms with Crippen molar-refractivity contribution in [2.45, 2.75) is 6.42 Å². The molecule has 0 spiro atoms. The van der Waals surface area contributed by atoms with Gasteiger partial charge in [-0.15, -0.1) is 0 Å². The summed E-state index contributed by atoms with van der Waals surface area (Å²) >= 11 is 0. The number of benzene rings is 2. The second-order valence-electron chi connectivity index (χ2n) is 4.18. The van der Waals surface area contributed by atoms with Crippen molar-refractivity contribution in [3.8, 4) is 6.07 Å². The van der Waals surface area contributed by atoms with E-state index >= 15 is 0 Å². The summed E-state index contributed by atoms with van der Waals surface area (Å²) < 4.78 is 0. The Morgan fingerprint density at radius 3 is 2.42 bits per heavy atom. The van der Waals surface area contributed by atoms with Crippen molar-refractivity contribution in [2.75, 3.05) is 0 Å². The van der Waals surface area contributed by atoms with Crippen LogP contribution in [0.4, 0.5) is 0 Å². The molecule has 0 fully saturated rings. The average Bonchev–Trinajstić information content (AvgIpc) is 2.47. The summed E-state index contributed by atoms with van der Waals surface area (Å²) in [5.74, 6) is 0. The molecule has 0 aliphatic carbocycles. The smallest absolute Gasteiger partial charge is 0.0912 e. The minimum absolute atomic E-state index is 0.862. The SMILES string of the molecule is N#C/C=C/c1ccccc1C/C=C/c1ccccc1. The third-order valence-corrected chi connectivity index (χ3v) is 2.84. The zero-order valence-corrected chi connectivity index (χ0v) is 10.7. The maximum atomic E-state index is 8.59. The summed E-state index contributed by atoms with van der Waals surface area (Å²) in [7, 11) is 0. The predicted octanol–water partition coefficient (Wildman–Crippen LogP) is 4.48. The second-order valence-corrected chi connectivity index (χ2v) is 4.18. The molecule has 92 valence electrons. The summed E-state index contributed by atoms with van der Waals surface area (Å²) in [5, 5.41) is 8.59. The molecule has 1 nitrogen and oxygen atoms in total. The van der Waals surface area contributed by atoms with E-state index in [1.807, 2.05) is 48.5 Å². The number of allylic oxidation sites excluding steroid dienone is 2. The van der Waals surface area contributed by atoms with Gasteiger partial charge in [0, 0.05) is 6.08 Å². The number of nitrogens with zero attached hydrogens (tertiary/aromatic N) is 1. The first kappa shape index (κ1) is 12.9. The summed E-state index contributed by atoms with van der Waals surface area (Å²) in [6.07, 6.45) is 8.49. The van der Waals surface area contributed by atoms with E-state index in [1.165, 1.54) is 17.2 Å². The van der Waals surface area contributed by atoms with Crippen molar-refractivity contribution < 1.29 is 0 Å². The first-order valence-electron chi connectivity index (χ1n) is 6.26. The van der Waals surface area contributed by atoms with Gasteiger partial charge in [0.15, 0.2) is 0 Å². The topological polar surface area (TPSA) is 23.8 Å². The number of rotatable bonds is 4. The summed E-state index contributed by atoms with van der Waals surface area (Å²) in [6, 6.07) is 20.4. The number of hydrogen-bond donors (Lipinski definition) is 0. The van der Waals surface area contributed by atoms with Crippen LogP contribution >= 0.6 is 0 Å². The van der Waals surface area contributed by atoms with Crippen molar-refractivity contribution in [2.24, 2.45) is 0 Å². The summed E-state index contributed by atoms with van der Waals surface area (Å²) in [4.78, 5) is 0. The van der Waals surface area contributed by atoms with Gasteiger partial charge in [0.2, 0.25) is 0 Å². The van der Waals surface area contributed by atoms with Crippen LogP contribution in [0.25, 0.3) is 12.2 Å². The molecular weight excluding hydrogens is 230 g/mol. The van der Waals surface area contributed by atoms with Gasteiger partial charge in [0.25, 0.3) is 0 Å². The Kier molecular flexibility index (Phi) is 4.72. The third kappa shape index (κ3) is 3.97. The quantitative estimate of drug-likeness (QED) is 0.728. The molecule has 0 saturated heterocycles. The molecule has 0 saturated carbocycles. The minimum atomic E-state index is 0.862. The van der Waals surface area contributed by atoms with E-state index in [1.54, 1.807) is 0 Å². The van der Waals surface area contributed by atoms with Gasteiger partial charge in [-0.2, -0.15) is 5.26 Å². The first-order valence-corrected chi connectivity index (χ1v) is 6.26. The molecule has 0 amide bonds. The van der Waals surface area contributed by atoms with Crippen LogP contribution in [0.15, 0.2) is 66.7 Å². The zero-order chi connectivity index (χ0) is 13.3. The lowest BCUT2D eigenvalue weighted by Gasteiger charge is -2.02. The molecule has 2 aromatic carbocycles. The van der Waals surface area contributed by atoms with Gasteiger partial charge < -0.3 is 0 Å². The lowest BCUT2D eigenvalue weighted by molar-refractivity contribution is 1.27. The Bertz CT molecular complexity index is 616. The molecule has 2 aromatic rings. The maximum absolute atomic E-state index is 8.59. The lowest BCUT2D eigenvalue weighted by Crippen LogP contribution is -1.85. The molecule has 0 aromatic heterocycles. The van der Waals surface area contributed by atoms with Crippen LogP contribution in [-0.2, 0) is 6.42 Å². The van der Waals surface area contributed by atoms with Gasteiger partial charge >= 0.3 is 0 Å². The Morgan fingerprint density at radius 1 is 0.895 bits per heavy atom. The van der Waals surface area contributed by atoms with E-state index in [2.05, 4.69) is 30.4 Å². The van der Waals surface area contributed by atoms with Crippen LogP contribution in [0.5, 0.6) is 0 Å². The fourth-order valence-corrected chi connectivity index (χ4v) is 1.90. The van der Waals surface area contributed by atoms with Gasteiger partial charge in [-0.25, -0.2) is 0 Å². The van der Waals surface area contributed by atoms with Crippen LogP contribution in [-0.4, -0.2) is 0 Å². The van der Waals surface area contributed by atoms with Crippen molar-refractivity contribution >= 4 is 12.2 Å². The minimum Gasteiger partial charge on any atom is -0.193 e. The maximum Gasteiger partial charge on any atom is 0.0912 e. The Balaban J connectivity index is 2.10. The molecule has 0 aliphatic heterocycles. The van der Waals surface area contributed by atoms with Gasteiger partial charge in [-0.1, -0.05) is 66.7 Å². The van der Waals surface area contributed by atoms with E-state index < -0.39 is 0 Å². The Hall–Kier alpha value is -2.59. The zero-order valence-electron chi connectivity index (χ0n) is 10.7. The van der Waals surface area contributed by atoms with Crippen LogP contribution < -0.4 is 0 Å². The molecule has 2 rings (SSSR count). The van der Waals surface area contributed by atoms with E-state index in [4.69, 9.17) is 5.26 Å². The van der Waals surface area contributed by atoms with Gasteiger partial charge in [-0.3, -0.25) is 0 Å². The number of hydrogen-bond acceptors (Lipinski definition) is 1. The second kappa shape index (κ2) is 6.98. The molecular formula is C18H15N. The molecule has 0 N–H and O–H groups in total. The predicted molar refractivity (Wildman–Crippen MR) is 80.3 cm³/mol. The molecule has 0 heterocycles. The highest BCUT2D eigenvalue weighted by Gasteiger charge is 1.95. The van der Waals surface area contributed by atoms with Gasteiger partial charge in [0.1, 0.15) is 0 Å². The molecule has 0 bridgehead atoms. The average molecular weight is 245 g/mol. The van der Waals surface area contributed by atoms with Crippen LogP contribution in [0.1, 0.15) is 16.7 Å². The fourth-order valence-electron chi connectivity index (χ4n) is 1.90. The van der Waals surface area contributed by atoms with E-state index in [0.717, 1.165) is 12.0 Å². The molecule has 1 heteroatoms. The van der Waals surface area contributed by atoms with E-state index in [-0.39, 0.29) is 0 Å². The lowest BCUT2D eigenvalue weighted by atomic mass is 10.0. The molecule has 0 atom stereocenters.